The highest BCUT2D eigenvalue weighted by molar-refractivity contribution is 6.32. The summed E-state index contributed by atoms with van der Waals surface area (Å²) < 4.78 is 5.32. The number of para-hydroxylation sites is 1. The predicted molar refractivity (Wildman–Crippen MR) is 97.0 cm³/mol. The molecule has 5 heteroatoms. The zero-order valence-electron chi connectivity index (χ0n) is 13.0. The second kappa shape index (κ2) is 7.15. The topological polar surface area (TPSA) is 58.6 Å². The van der Waals surface area contributed by atoms with E-state index in [9.17, 15) is 5.11 Å². The first-order valence-electron chi connectivity index (χ1n) is 7.36. The minimum Gasteiger partial charge on any atom is -0.507 e. The van der Waals surface area contributed by atoms with E-state index in [-0.39, 0.29) is 5.75 Å². The van der Waals surface area contributed by atoms with E-state index >= 15 is 0 Å². The van der Waals surface area contributed by atoms with Crippen LogP contribution in [0, 0.1) is 6.92 Å². The van der Waals surface area contributed by atoms with E-state index in [1.807, 2.05) is 43.3 Å². The lowest BCUT2D eigenvalue weighted by atomic mass is 10.2. The minimum atomic E-state index is 0.170. The Morgan fingerprint density at radius 2 is 1.75 bits per heavy atom. The summed E-state index contributed by atoms with van der Waals surface area (Å²) in [4.78, 5) is 4.41. The summed E-state index contributed by atoms with van der Waals surface area (Å²) in [6.45, 7) is 1.81. The molecule has 0 radical (unpaired) electrons. The van der Waals surface area contributed by atoms with Crippen LogP contribution in [0.3, 0.4) is 0 Å². The van der Waals surface area contributed by atoms with Gasteiger partial charge in [0.1, 0.15) is 17.1 Å². The third-order valence-electron chi connectivity index (χ3n) is 3.45. The molecule has 0 saturated heterocycles. The number of benzene rings is 2. The van der Waals surface area contributed by atoms with Crippen LogP contribution in [0.5, 0.6) is 5.75 Å². The van der Waals surface area contributed by atoms with Crippen molar-refractivity contribution in [2.24, 2.45) is 4.99 Å². The molecule has 1 N–H and O–H groups in total. The number of halogens is 1. The molecule has 0 atom stereocenters. The fourth-order valence-corrected chi connectivity index (χ4v) is 2.35. The molecule has 0 aliphatic carbocycles. The predicted octanol–water partition coefficient (Wildman–Crippen LogP) is 5.26. The lowest BCUT2D eigenvalue weighted by Gasteiger charge is -1.97. The van der Waals surface area contributed by atoms with Crippen LogP contribution in [-0.4, -0.2) is 16.5 Å². The van der Waals surface area contributed by atoms with Crippen molar-refractivity contribution in [1.29, 1.82) is 0 Å². The van der Waals surface area contributed by atoms with Crippen LogP contribution in [0.4, 0.5) is 5.69 Å². The normalized spacial score (nSPS) is 11.6. The molecule has 0 bridgehead atoms. The Morgan fingerprint density at radius 1 is 1.04 bits per heavy atom. The number of aromatic nitrogens is 1. The number of nitrogens with zero attached hydrogens (tertiary/aromatic N) is 2. The number of aliphatic imine (C=N–C) groups is 1. The Balaban J connectivity index is 1.90. The van der Waals surface area contributed by atoms with Crippen molar-refractivity contribution in [3.8, 4) is 5.75 Å². The molecule has 3 rings (SSSR count). The van der Waals surface area contributed by atoms with Crippen LogP contribution >= 0.6 is 11.6 Å². The first kappa shape index (κ1) is 16.0. The minimum absolute atomic E-state index is 0.170. The van der Waals surface area contributed by atoms with Crippen molar-refractivity contribution in [2.45, 2.75) is 6.92 Å². The zero-order chi connectivity index (χ0) is 16.9. The van der Waals surface area contributed by atoms with Crippen molar-refractivity contribution in [3.05, 3.63) is 76.1 Å². The molecule has 2 aromatic carbocycles. The standard InChI is InChI=1S/C19H15ClN2O2/c1-13-19(21-12-15-7-3-5-9-17(15)23)18(24-22-13)11-10-14-6-2-4-8-16(14)20/h2-12,23H,1H3/b11-10+,21-12?. The Labute approximate surface area is 144 Å². The average Bonchev–Trinajstić information content (AvgIpc) is 2.93. The van der Waals surface area contributed by atoms with Gasteiger partial charge in [-0.05, 0) is 42.8 Å². The number of phenols is 1. The number of hydrogen-bond acceptors (Lipinski definition) is 4. The fourth-order valence-electron chi connectivity index (χ4n) is 2.16. The average molecular weight is 339 g/mol. The van der Waals surface area contributed by atoms with E-state index in [2.05, 4.69) is 10.1 Å². The summed E-state index contributed by atoms with van der Waals surface area (Å²) in [6.07, 6.45) is 5.21. The van der Waals surface area contributed by atoms with Gasteiger partial charge in [-0.25, -0.2) is 0 Å². The summed E-state index contributed by atoms with van der Waals surface area (Å²) in [5, 5.41) is 14.4. The van der Waals surface area contributed by atoms with Crippen LogP contribution in [0.2, 0.25) is 5.02 Å². The number of rotatable bonds is 4. The van der Waals surface area contributed by atoms with Crippen molar-refractivity contribution >= 4 is 35.7 Å². The van der Waals surface area contributed by atoms with Gasteiger partial charge in [-0.15, -0.1) is 0 Å². The highest BCUT2D eigenvalue weighted by atomic mass is 35.5. The summed E-state index contributed by atoms with van der Waals surface area (Å²) in [5.41, 5.74) is 2.78. The monoisotopic (exact) mass is 338 g/mol. The molecule has 1 aromatic heterocycles. The quantitative estimate of drug-likeness (QED) is 0.660. The molecule has 4 nitrogen and oxygen atoms in total. The molecule has 3 aromatic rings. The molecular weight excluding hydrogens is 324 g/mol. The van der Waals surface area contributed by atoms with Gasteiger partial charge in [-0.1, -0.05) is 47.1 Å². The highest BCUT2D eigenvalue weighted by Crippen LogP contribution is 2.27. The van der Waals surface area contributed by atoms with Gasteiger partial charge in [0, 0.05) is 16.8 Å². The van der Waals surface area contributed by atoms with Crippen LogP contribution in [0.15, 0.2) is 58.0 Å². The summed E-state index contributed by atoms with van der Waals surface area (Å²) >= 11 is 6.14. The van der Waals surface area contributed by atoms with Crippen molar-refractivity contribution in [1.82, 2.24) is 5.16 Å². The van der Waals surface area contributed by atoms with E-state index in [4.69, 9.17) is 16.1 Å². The second-order valence-electron chi connectivity index (χ2n) is 5.15. The first-order valence-corrected chi connectivity index (χ1v) is 7.74. The Bertz CT molecular complexity index is 913. The summed E-state index contributed by atoms with van der Waals surface area (Å²) in [7, 11) is 0. The van der Waals surface area contributed by atoms with Gasteiger partial charge in [0.25, 0.3) is 0 Å². The van der Waals surface area contributed by atoms with Crippen LogP contribution in [-0.2, 0) is 0 Å². The van der Waals surface area contributed by atoms with Crippen molar-refractivity contribution in [3.63, 3.8) is 0 Å². The van der Waals surface area contributed by atoms with Gasteiger partial charge >= 0.3 is 0 Å². The van der Waals surface area contributed by atoms with Crippen molar-refractivity contribution in [2.75, 3.05) is 0 Å². The number of aryl methyl sites for hydroxylation is 1. The van der Waals surface area contributed by atoms with Crippen molar-refractivity contribution < 1.29 is 9.63 Å². The van der Waals surface area contributed by atoms with E-state index in [0.29, 0.717) is 27.7 Å². The Kier molecular flexibility index (Phi) is 4.77. The lowest BCUT2D eigenvalue weighted by molar-refractivity contribution is 0.408. The maximum Gasteiger partial charge on any atom is 0.185 e. The van der Waals surface area contributed by atoms with Gasteiger partial charge in [0.15, 0.2) is 5.76 Å². The molecule has 0 amide bonds. The number of aromatic hydroxyl groups is 1. The van der Waals surface area contributed by atoms with Crippen LogP contribution < -0.4 is 0 Å². The van der Waals surface area contributed by atoms with E-state index < -0.39 is 0 Å². The highest BCUT2D eigenvalue weighted by Gasteiger charge is 2.09. The smallest absolute Gasteiger partial charge is 0.185 e. The van der Waals surface area contributed by atoms with Gasteiger partial charge in [0.05, 0.1) is 0 Å². The number of phenolic OH excluding ortho intramolecular Hbond substituents is 1. The van der Waals surface area contributed by atoms with E-state index in [0.717, 1.165) is 5.56 Å². The van der Waals surface area contributed by atoms with Gasteiger partial charge < -0.3 is 9.63 Å². The van der Waals surface area contributed by atoms with E-state index in [1.54, 1.807) is 30.5 Å². The maximum atomic E-state index is 9.80. The van der Waals surface area contributed by atoms with Gasteiger partial charge in [-0.2, -0.15) is 0 Å². The fraction of sp³-hybridized carbons (Fsp3) is 0.0526. The van der Waals surface area contributed by atoms with Gasteiger partial charge in [0.2, 0.25) is 0 Å². The molecule has 120 valence electrons. The largest absolute Gasteiger partial charge is 0.507 e. The second-order valence-corrected chi connectivity index (χ2v) is 5.56. The summed E-state index contributed by atoms with van der Waals surface area (Å²) in [6, 6.07) is 14.5. The Morgan fingerprint density at radius 3 is 2.50 bits per heavy atom. The molecular formula is C19H15ClN2O2. The molecule has 0 aliphatic rings. The first-order chi connectivity index (χ1) is 11.6. The van der Waals surface area contributed by atoms with E-state index in [1.165, 1.54) is 0 Å². The van der Waals surface area contributed by atoms with Crippen LogP contribution in [0.25, 0.3) is 12.2 Å². The molecule has 0 saturated carbocycles. The maximum absolute atomic E-state index is 9.80. The van der Waals surface area contributed by atoms with Gasteiger partial charge in [-0.3, -0.25) is 4.99 Å². The molecule has 24 heavy (non-hydrogen) atoms. The molecule has 0 spiro atoms. The number of hydrogen-bond donors (Lipinski definition) is 1. The molecule has 0 aliphatic heterocycles. The molecule has 0 unspecified atom stereocenters. The summed E-state index contributed by atoms with van der Waals surface area (Å²) in [5.74, 6) is 0.697. The molecule has 0 fully saturated rings. The SMILES string of the molecule is Cc1noc(/C=C/c2ccccc2Cl)c1N=Cc1ccccc1O. The lowest BCUT2D eigenvalue weighted by Crippen LogP contribution is -1.81. The zero-order valence-corrected chi connectivity index (χ0v) is 13.7. The molecule has 1 heterocycles. The third kappa shape index (κ3) is 3.55. The third-order valence-corrected chi connectivity index (χ3v) is 3.79. The van der Waals surface area contributed by atoms with Crippen LogP contribution in [0.1, 0.15) is 22.6 Å². The Hall–Kier alpha value is -2.85.